The summed E-state index contributed by atoms with van der Waals surface area (Å²) in [5.74, 6) is -1.92. The summed E-state index contributed by atoms with van der Waals surface area (Å²) in [5, 5.41) is 0. The SMILES string of the molecule is C=CCCSC1OC([C@H](N[S@@+](C)[O-])[C@@H](C)C=C)C(OC(=O)c2ccccc2)C(OC(=O)c2ccccc2)C1OC(=O)c1ccccc1. The standard InChI is InChI=1S/C36H39NO8S2/c1-5-7-23-46-36-32(44-35(40)27-21-15-10-16-22-27)31(43-34(39)26-19-13-9-14-20-26)30(42-33(38)25-17-11-8-12-18-25)29(45-36)28(24(3)6-2)37-47(4)41/h5-6,8-22,24,28-32,36-37H,1-2,7,23H2,3-4H3/t24-,28+,29?,30?,31?,32?,36?,47+/m0/s1. The first-order chi connectivity index (χ1) is 22.7. The maximum Gasteiger partial charge on any atom is 0.338 e. The van der Waals surface area contributed by atoms with Crippen LogP contribution >= 0.6 is 11.8 Å². The molecule has 9 nitrogen and oxygen atoms in total. The highest BCUT2D eigenvalue weighted by Crippen LogP contribution is 2.38. The molecule has 0 amide bonds. The number of carbonyl (C=O) groups excluding carboxylic acids is 3. The average molecular weight is 678 g/mol. The van der Waals surface area contributed by atoms with E-state index in [1.807, 2.05) is 6.92 Å². The Labute approximate surface area is 283 Å². The number of hydrogen-bond donors (Lipinski definition) is 1. The van der Waals surface area contributed by atoms with Crippen LogP contribution in [0.2, 0.25) is 0 Å². The predicted molar refractivity (Wildman–Crippen MR) is 183 cm³/mol. The van der Waals surface area contributed by atoms with E-state index in [1.54, 1.807) is 103 Å². The first-order valence-corrected chi connectivity index (χ1v) is 17.7. The van der Waals surface area contributed by atoms with Crippen molar-refractivity contribution in [3.63, 3.8) is 0 Å². The van der Waals surface area contributed by atoms with Crippen LogP contribution in [0.15, 0.2) is 116 Å². The van der Waals surface area contributed by atoms with Gasteiger partial charge in [-0.3, -0.25) is 0 Å². The summed E-state index contributed by atoms with van der Waals surface area (Å²) < 4.78 is 40.7. The summed E-state index contributed by atoms with van der Waals surface area (Å²) in [7, 11) is 0. The minimum atomic E-state index is -1.53. The molecule has 0 saturated carbocycles. The molecule has 248 valence electrons. The van der Waals surface area contributed by atoms with Gasteiger partial charge in [0, 0.05) is 11.4 Å². The fraction of sp³-hybridized carbons (Fsp3) is 0.306. The van der Waals surface area contributed by atoms with E-state index in [-0.39, 0.29) is 22.6 Å². The molecule has 1 N–H and O–H groups in total. The highest BCUT2D eigenvalue weighted by atomic mass is 32.2. The van der Waals surface area contributed by atoms with Crippen LogP contribution in [0.4, 0.5) is 0 Å². The quantitative estimate of drug-likeness (QED) is 0.0697. The number of thioether (sulfide) groups is 1. The number of allylic oxidation sites excluding steroid dienone is 1. The van der Waals surface area contributed by atoms with Crippen molar-refractivity contribution in [3.8, 4) is 0 Å². The first-order valence-electron chi connectivity index (χ1n) is 15.1. The van der Waals surface area contributed by atoms with Gasteiger partial charge in [0.05, 0.1) is 22.7 Å². The van der Waals surface area contributed by atoms with E-state index in [4.69, 9.17) is 18.9 Å². The monoisotopic (exact) mass is 677 g/mol. The molecular formula is C36H39NO8S2. The third-order valence-corrected chi connectivity index (χ3v) is 9.27. The Morgan fingerprint density at radius 2 is 1.28 bits per heavy atom. The average Bonchev–Trinajstić information content (AvgIpc) is 3.10. The van der Waals surface area contributed by atoms with Crippen LogP contribution in [0.5, 0.6) is 0 Å². The lowest BCUT2D eigenvalue weighted by Crippen LogP contribution is -2.66. The predicted octanol–water partition coefficient (Wildman–Crippen LogP) is 5.77. The second-order valence-electron chi connectivity index (χ2n) is 10.8. The molecule has 0 bridgehead atoms. The molecule has 8 atom stereocenters. The maximum atomic E-state index is 13.7. The second kappa shape index (κ2) is 17.9. The molecule has 1 aliphatic heterocycles. The van der Waals surface area contributed by atoms with Crippen LogP contribution in [0.3, 0.4) is 0 Å². The van der Waals surface area contributed by atoms with Gasteiger partial charge in [-0.15, -0.1) is 29.6 Å². The fourth-order valence-electron chi connectivity index (χ4n) is 5.03. The smallest absolute Gasteiger partial charge is 0.338 e. The van der Waals surface area contributed by atoms with Gasteiger partial charge in [0.15, 0.2) is 18.3 Å². The van der Waals surface area contributed by atoms with Gasteiger partial charge >= 0.3 is 17.9 Å². The number of ether oxygens (including phenoxy) is 4. The molecule has 1 heterocycles. The molecule has 3 aromatic rings. The Morgan fingerprint density at radius 3 is 1.70 bits per heavy atom. The van der Waals surface area contributed by atoms with Crippen molar-refractivity contribution in [3.05, 3.63) is 133 Å². The number of esters is 3. The van der Waals surface area contributed by atoms with Crippen LogP contribution < -0.4 is 4.72 Å². The van der Waals surface area contributed by atoms with Crippen LogP contribution in [0, 0.1) is 5.92 Å². The molecule has 1 fully saturated rings. The summed E-state index contributed by atoms with van der Waals surface area (Å²) in [6.45, 7) is 9.57. The zero-order valence-corrected chi connectivity index (χ0v) is 27.9. The number of carbonyl (C=O) groups is 3. The van der Waals surface area contributed by atoms with E-state index in [0.29, 0.717) is 12.2 Å². The lowest BCUT2D eigenvalue weighted by molar-refractivity contribution is -0.207. The summed E-state index contributed by atoms with van der Waals surface area (Å²) in [5.41, 5.74) is -0.118. The summed E-state index contributed by atoms with van der Waals surface area (Å²) >= 11 is -0.188. The Bertz CT molecular complexity index is 1470. The van der Waals surface area contributed by atoms with Crippen molar-refractivity contribution in [2.45, 2.75) is 49.2 Å². The van der Waals surface area contributed by atoms with E-state index in [9.17, 15) is 18.9 Å². The molecule has 11 heteroatoms. The lowest BCUT2D eigenvalue weighted by atomic mass is 9.88. The number of nitrogens with one attached hydrogen (secondary N) is 1. The molecule has 0 aliphatic carbocycles. The van der Waals surface area contributed by atoms with E-state index in [0.717, 1.165) is 0 Å². The third kappa shape index (κ3) is 9.82. The van der Waals surface area contributed by atoms with Gasteiger partial charge < -0.3 is 23.5 Å². The molecule has 0 spiro atoms. The van der Waals surface area contributed by atoms with Gasteiger partial charge in [0.25, 0.3) is 0 Å². The fourth-order valence-corrected chi connectivity index (χ4v) is 6.90. The number of rotatable bonds is 15. The minimum absolute atomic E-state index is 0.247. The maximum absolute atomic E-state index is 13.7. The van der Waals surface area contributed by atoms with Gasteiger partial charge in [-0.1, -0.05) is 73.7 Å². The molecule has 1 saturated heterocycles. The van der Waals surface area contributed by atoms with Gasteiger partial charge in [0.2, 0.25) is 0 Å². The number of benzene rings is 3. The van der Waals surface area contributed by atoms with Crippen molar-refractivity contribution in [2.24, 2.45) is 5.92 Å². The second-order valence-corrected chi connectivity index (χ2v) is 13.2. The molecule has 0 radical (unpaired) electrons. The third-order valence-electron chi connectivity index (χ3n) is 7.49. The van der Waals surface area contributed by atoms with Gasteiger partial charge in [0.1, 0.15) is 17.8 Å². The van der Waals surface area contributed by atoms with E-state index >= 15 is 0 Å². The van der Waals surface area contributed by atoms with Crippen LogP contribution in [0.1, 0.15) is 44.4 Å². The summed E-state index contributed by atoms with van der Waals surface area (Å²) in [4.78, 5) is 40.9. The zero-order valence-electron chi connectivity index (χ0n) is 26.3. The first kappa shape index (κ1) is 36.0. The van der Waals surface area contributed by atoms with E-state index in [1.165, 1.54) is 18.0 Å². The van der Waals surface area contributed by atoms with E-state index < -0.39 is 65.2 Å². The molecule has 1 aliphatic rings. The summed E-state index contributed by atoms with van der Waals surface area (Å²) in [6, 6.07) is 24.3. The van der Waals surface area contributed by atoms with Crippen molar-refractivity contribution in [1.82, 2.24) is 4.72 Å². The van der Waals surface area contributed by atoms with Crippen molar-refractivity contribution in [2.75, 3.05) is 12.0 Å². The van der Waals surface area contributed by atoms with Crippen LogP contribution in [0.25, 0.3) is 0 Å². The highest BCUT2D eigenvalue weighted by Gasteiger charge is 2.55. The lowest BCUT2D eigenvalue weighted by Gasteiger charge is -2.47. The molecule has 47 heavy (non-hydrogen) atoms. The molecule has 4 rings (SSSR count). The Kier molecular flexibility index (Phi) is 13.7. The summed E-state index contributed by atoms with van der Waals surface area (Å²) in [6.07, 6.45) is 0.598. The molecule has 5 unspecified atom stereocenters. The van der Waals surface area contributed by atoms with E-state index in [2.05, 4.69) is 17.9 Å². The Balaban J connectivity index is 1.85. The normalized spacial score (nSPS) is 22.6. The largest absolute Gasteiger partial charge is 0.598 e. The van der Waals surface area contributed by atoms with Crippen molar-refractivity contribution < 1.29 is 37.9 Å². The molecular weight excluding hydrogens is 639 g/mol. The number of hydrogen-bond acceptors (Lipinski definition) is 10. The Morgan fingerprint density at radius 1 is 0.830 bits per heavy atom. The molecule has 0 aromatic heterocycles. The molecule has 3 aromatic carbocycles. The van der Waals surface area contributed by atoms with Crippen LogP contribution in [-0.2, 0) is 30.3 Å². The highest BCUT2D eigenvalue weighted by molar-refractivity contribution is 7.99. The van der Waals surface area contributed by atoms with Crippen LogP contribution in [-0.4, -0.2) is 70.4 Å². The zero-order chi connectivity index (χ0) is 33.8. The van der Waals surface area contributed by atoms with Crippen molar-refractivity contribution in [1.29, 1.82) is 0 Å². The van der Waals surface area contributed by atoms with Crippen molar-refractivity contribution >= 4 is 41.0 Å². The topological polar surface area (TPSA) is 123 Å². The van der Waals surface area contributed by atoms with Gasteiger partial charge in [-0.05, 0) is 54.5 Å². The van der Waals surface area contributed by atoms with Gasteiger partial charge in [-0.25, -0.2) is 14.4 Å². The Hall–Kier alpha value is -3.87. The minimum Gasteiger partial charge on any atom is -0.598 e. The van der Waals surface area contributed by atoms with Gasteiger partial charge in [-0.2, -0.15) is 0 Å².